The highest BCUT2D eigenvalue weighted by Gasteiger charge is 2.19. The van der Waals surface area contributed by atoms with E-state index in [2.05, 4.69) is 4.98 Å². The molecule has 0 radical (unpaired) electrons. The minimum Gasteiger partial charge on any atom is -0.496 e. The Bertz CT molecular complexity index is 718. The number of hydrogen-bond donors (Lipinski definition) is 0. The normalized spacial score (nSPS) is 10.0. The molecule has 0 aliphatic heterocycles. The highest BCUT2D eigenvalue weighted by molar-refractivity contribution is 5.85. The van der Waals surface area contributed by atoms with Crippen LogP contribution in [0, 0.1) is 17.1 Å². The number of oxazole rings is 1. The van der Waals surface area contributed by atoms with Gasteiger partial charge in [0.25, 0.3) is 0 Å². The molecule has 0 saturated carbocycles. The van der Waals surface area contributed by atoms with Gasteiger partial charge in [0.15, 0.2) is 5.76 Å². The number of halogens is 1. The molecule has 0 fully saturated rings. The van der Waals surface area contributed by atoms with Gasteiger partial charge in [-0.05, 0) is 13.0 Å². The second-order valence-electron chi connectivity index (χ2n) is 3.89. The summed E-state index contributed by atoms with van der Waals surface area (Å²) in [7, 11) is 1.35. The first kappa shape index (κ1) is 14.5. The van der Waals surface area contributed by atoms with Crippen LogP contribution in [0.25, 0.3) is 11.3 Å². The molecule has 0 atom stereocenters. The lowest BCUT2D eigenvalue weighted by Gasteiger charge is -2.06. The Kier molecular flexibility index (Phi) is 4.18. The van der Waals surface area contributed by atoms with Gasteiger partial charge in [0, 0.05) is 6.07 Å². The predicted octanol–water partition coefficient (Wildman–Crippen LogP) is 2.54. The highest BCUT2D eigenvalue weighted by Crippen LogP contribution is 2.32. The number of carbonyl (C=O) groups excluding carboxylic acids is 1. The van der Waals surface area contributed by atoms with Crippen molar-refractivity contribution in [1.29, 1.82) is 5.26 Å². The first-order valence-corrected chi connectivity index (χ1v) is 6.01. The molecule has 1 heterocycles. The standard InChI is InChI=1S/C14H11FN2O4/c1-3-20-14(18)13-17-7-12(21-13)9-4-8(6-16)10(15)5-11(9)19-2/h4-5,7H,3H2,1-2H3. The zero-order chi connectivity index (χ0) is 15.4. The maximum Gasteiger partial charge on any atom is 0.394 e. The molecule has 0 spiro atoms. The third kappa shape index (κ3) is 2.84. The number of aromatic nitrogens is 1. The van der Waals surface area contributed by atoms with E-state index in [0.717, 1.165) is 6.07 Å². The molecule has 2 aromatic rings. The first-order valence-electron chi connectivity index (χ1n) is 6.01. The van der Waals surface area contributed by atoms with Crippen LogP contribution in [0.5, 0.6) is 5.75 Å². The topological polar surface area (TPSA) is 85.3 Å². The summed E-state index contributed by atoms with van der Waals surface area (Å²) in [5, 5.41) is 8.87. The number of hydrogen-bond acceptors (Lipinski definition) is 6. The predicted molar refractivity (Wildman–Crippen MR) is 69.1 cm³/mol. The van der Waals surface area contributed by atoms with Crippen molar-refractivity contribution in [2.75, 3.05) is 13.7 Å². The van der Waals surface area contributed by atoms with Crippen LogP contribution in [-0.2, 0) is 4.74 Å². The molecule has 0 aliphatic carbocycles. The third-order valence-corrected chi connectivity index (χ3v) is 2.63. The number of esters is 1. The Morgan fingerprint density at radius 2 is 2.29 bits per heavy atom. The fourth-order valence-electron chi connectivity index (χ4n) is 1.69. The Balaban J connectivity index is 2.47. The van der Waals surface area contributed by atoms with Gasteiger partial charge in [-0.25, -0.2) is 14.2 Å². The van der Waals surface area contributed by atoms with E-state index in [-0.39, 0.29) is 29.6 Å². The Morgan fingerprint density at radius 3 is 2.90 bits per heavy atom. The van der Waals surface area contributed by atoms with Gasteiger partial charge < -0.3 is 13.9 Å². The van der Waals surface area contributed by atoms with Gasteiger partial charge >= 0.3 is 11.9 Å². The molecule has 108 valence electrons. The summed E-state index contributed by atoms with van der Waals surface area (Å²) in [4.78, 5) is 15.3. The van der Waals surface area contributed by atoms with Gasteiger partial charge in [-0.1, -0.05) is 0 Å². The van der Waals surface area contributed by atoms with Crippen molar-refractivity contribution in [2.45, 2.75) is 6.92 Å². The van der Waals surface area contributed by atoms with Gasteiger partial charge in [0.1, 0.15) is 17.6 Å². The second-order valence-corrected chi connectivity index (χ2v) is 3.89. The van der Waals surface area contributed by atoms with Gasteiger partial charge in [-0.15, -0.1) is 0 Å². The van der Waals surface area contributed by atoms with E-state index < -0.39 is 11.8 Å². The first-order chi connectivity index (χ1) is 10.1. The molecule has 7 heteroatoms. The molecule has 21 heavy (non-hydrogen) atoms. The summed E-state index contributed by atoms with van der Waals surface area (Å²) in [6.45, 7) is 1.85. The fourth-order valence-corrected chi connectivity index (χ4v) is 1.69. The summed E-state index contributed by atoms with van der Waals surface area (Å²) in [6, 6.07) is 4.06. The molecule has 0 amide bonds. The van der Waals surface area contributed by atoms with Crippen molar-refractivity contribution in [3.8, 4) is 23.1 Å². The van der Waals surface area contributed by atoms with Crippen LogP contribution in [0.1, 0.15) is 23.2 Å². The van der Waals surface area contributed by atoms with Crippen LogP contribution in [0.4, 0.5) is 4.39 Å². The van der Waals surface area contributed by atoms with E-state index in [1.54, 1.807) is 13.0 Å². The van der Waals surface area contributed by atoms with Crippen LogP contribution in [0.2, 0.25) is 0 Å². The third-order valence-electron chi connectivity index (χ3n) is 2.63. The molecule has 0 aliphatic rings. The Labute approximate surface area is 119 Å². The minimum atomic E-state index is -0.705. The lowest BCUT2D eigenvalue weighted by atomic mass is 10.1. The van der Waals surface area contributed by atoms with Crippen molar-refractivity contribution < 1.29 is 23.1 Å². The molecule has 2 rings (SSSR count). The average Bonchev–Trinajstić information content (AvgIpc) is 2.96. The number of nitriles is 1. The SMILES string of the molecule is CCOC(=O)c1ncc(-c2cc(C#N)c(F)cc2OC)o1. The van der Waals surface area contributed by atoms with Crippen molar-refractivity contribution in [3.05, 3.63) is 35.6 Å². The number of carbonyl (C=O) groups is 1. The zero-order valence-corrected chi connectivity index (χ0v) is 11.3. The van der Waals surface area contributed by atoms with Crippen LogP contribution < -0.4 is 4.74 Å². The molecule has 0 bridgehead atoms. The van der Waals surface area contributed by atoms with E-state index >= 15 is 0 Å². The Hall–Kier alpha value is -2.88. The smallest absolute Gasteiger partial charge is 0.394 e. The van der Waals surface area contributed by atoms with Crippen molar-refractivity contribution in [1.82, 2.24) is 4.98 Å². The number of ether oxygens (including phenoxy) is 2. The van der Waals surface area contributed by atoms with Gasteiger partial charge in [0.2, 0.25) is 0 Å². The number of methoxy groups -OCH3 is 1. The molecule has 6 nitrogen and oxygen atoms in total. The van der Waals surface area contributed by atoms with E-state index in [4.69, 9.17) is 19.2 Å². The average molecular weight is 290 g/mol. The van der Waals surface area contributed by atoms with Crippen LogP contribution in [-0.4, -0.2) is 24.7 Å². The molecule has 0 saturated heterocycles. The van der Waals surface area contributed by atoms with Gasteiger partial charge in [0.05, 0.1) is 31.0 Å². The largest absolute Gasteiger partial charge is 0.496 e. The van der Waals surface area contributed by atoms with Crippen molar-refractivity contribution in [3.63, 3.8) is 0 Å². The van der Waals surface area contributed by atoms with E-state index in [9.17, 15) is 9.18 Å². The zero-order valence-electron chi connectivity index (χ0n) is 11.3. The summed E-state index contributed by atoms with van der Waals surface area (Å²) in [5.74, 6) is -1.30. The molecule has 1 aromatic heterocycles. The summed E-state index contributed by atoms with van der Waals surface area (Å²) in [6.07, 6.45) is 1.28. The quantitative estimate of drug-likeness (QED) is 0.804. The van der Waals surface area contributed by atoms with Gasteiger partial charge in [-0.3, -0.25) is 0 Å². The highest BCUT2D eigenvalue weighted by atomic mass is 19.1. The van der Waals surface area contributed by atoms with Crippen molar-refractivity contribution in [2.24, 2.45) is 0 Å². The molecule has 0 unspecified atom stereocenters. The number of benzene rings is 1. The summed E-state index contributed by atoms with van der Waals surface area (Å²) >= 11 is 0. The maximum absolute atomic E-state index is 13.5. The van der Waals surface area contributed by atoms with E-state index in [0.29, 0.717) is 5.56 Å². The molecule has 1 aromatic carbocycles. The molecule has 0 N–H and O–H groups in total. The summed E-state index contributed by atoms with van der Waals surface area (Å²) < 4.78 is 28.6. The van der Waals surface area contributed by atoms with E-state index in [1.807, 2.05) is 0 Å². The van der Waals surface area contributed by atoms with Gasteiger partial charge in [-0.2, -0.15) is 5.26 Å². The molecular formula is C14H11FN2O4. The minimum absolute atomic E-state index is 0.165. The van der Waals surface area contributed by atoms with E-state index in [1.165, 1.54) is 19.4 Å². The summed E-state index contributed by atoms with van der Waals surface area (Å²) in [5.41, 5.74) is 0.151. The Morgan fingerprint density at radius 1 is 1.52 bits per heavy atom. The van der Waals surface area contributed by atoms with Crippen LogP contribution in [0.3, 0.4) is 0 Å². The number of nitrogens with zero attached hydrogens (tertiary/aromatic N) is 2. The second kappa shape index (κ2) is 6.05. The lowest BCUT2D eigenvalue weighted by Crippen LogP contribution is -2.04. The molecular weight excluding hydrogens is 279 g/mol. The fraction of sp³-hybridized carbons (Fsp3) is 0.214. The maximum atomic E-state index is 13.5. The monoisotopic (exact) mass is 290 g/mol. The van der Waals surface area contributed by atoms with Crippen molar-refractivity contribution >= 4 is 5.97 Å². The van der Waals surface area contributed by atoms with Crippen LogP contribution >= 0.6 is 0 Å². The number of rotatable bonds is 4. The lowest BCUT2D eigenvalue weighted by molar-refractivity contribution is 0.0482. The van der Waals surface area contributed by atoms with Crippen LogP contribution in [0.15, 0.2) is 22.7 Å².